The van der Waals surface area contributed by atoms with E-state index in [9.17, 15) is 9.59 Å². The number of carboxylic acid groups (broad SMARTS) is 1. The molecule has 0 aromatic rings. The van der Waals surface area contributed by atoms with Crippen LogP contribution in [-0.4, -0.2) is 29.7 Å². The Morgan fingerprint density at radius 1 is 1.28 bits per heavy atom. The predicted molar refractivity (Wildman–Crippen MR) is 69.4 cm³/mol. The van der Waals surface area contributed by atoms with Crippen molar-refractivity contribution >= 4 is 12.0 Å². The SMILES string of the molecule is CC(C)CC(NC(=O)NCC1CCCC1)C(=O)O. The lowest BCUT2D eigenvalue weighted by molar-refractivity contribution is -0.139. The molecule has 1 saturated carbocycles. The quantitative estimate of drug-likeness (QED) is 0.680. The van der Waals surface area contributed by atoms with Gasteiger partial charge in [-0.15, -0.1) is 0 Å². The van der Waals surface area contributed by atoms with Crippen LogP contribution in [0.2, 0.25) is 0 Å². The normalized spacial score (nSPS) is 17.7. The third-order valence-corrected chi connectivity index (χ3v) is 3.34. The van der Waals surface area contributed by atoms with Crippen LogP contribution in [0.15, 0.2) is 0 Å². The first kappa shape index (κ1) is 14.8. The van der Waals surface area contributed by atoms with Crippen LogP contribution >= 0.6 is 0 Å². The summed E-state index contributed by atoms with van der Waals surface area (Å²) in [5.74, 6) is -0.176. The zero-order valence-corrected chi connectivity index (χ0v) is 11.2. The molecule has 2 amide bonds. The molecular formula is C13H24N2O3. The smallest absolute Gasteiger partial charge is 0.326 e. The van der Waals surface area contributed by atoms with Crippen LogP contribution in [0.4, 0.5) is 4.79 Å². The molecule has 18 heavy (non-hydrogen) atoms. The highest BCUT2D eigenvalue weighted by atomic mass is 16.4. The van der Waals surface area contributed by atoms with Crippen molar-refractivity contribution in [2.75, 3.05) is 6.54 Å². The molecule has 1 aliphatic carbocycles. The van der Waals surface area contributed by atoms with Gasteiger partial charge in [0.1, 0.15) is 6.04 Å². The lowest BCUT2D eigenvalue weighted by Crippen LogP contribution is -2.47. The van der Waals surface area contributed by atoms with E-state index in [1.807, 2.05) is 13.8 Å². The maximum atomic E-state index is 11.6. The molecule has 1 rings (SSSR count). The Labute approximate surface area is 108 Å². The van der Waals surface area contributed by atoms with Crippen molar-refractivity contribution in [2.45, 2.75) is 52.0 Å². The molecule has 5 heteroatoms. The summed E-state index contributed by atoms with van der Waals surface area (Å²) < 4.78 is 0. The molecule has 0 aromatic heterocycles. The van der Waals surface area contributed by atoms with Gasteiger partial charge in [-0.1, -0.05) is 26.7 Å². The highest BCUT2D eigenvalue weighted by molar-refractivity contribution is 5.82. The number of carboxylic acids is 1. The summed E-state index contributed by atoms with van der Waals surface area (Å²) in [7, 11) is 0. The van der Waals surface area contributed by atoms with Crippen molar-refractivity contribution in [1.29, 1.82) is 0 Å². The fraction of sp³-hybridized carbons (Fsp3) is 0.846. The summed E-state index contributed by atoms with van der Waals surface area (Å²) >= 11 is 0. The Morgan fingerprint density at radius 2 is 1.89 bits per heavy atom. The number of nitrogens with one attached hydrogen (secondary N) is 2. The van der Waals surface area contributed by atoms with E-state index in [1.165, 1.54) is 12.8 Å². The second-order valence-electron chi connectivity index (χ2n) is 5.53. The van der Waals surface area contributed by atoms with Crippen molar-refractivity contribution in [3.05, 3.63) is 0 Å². The Bertz CT molecular complexity index is 286. The van der Waals surface area contributed by atoms with Gasteiger partial charge in [0.05, 0.1) is 0 Å². The van der Waals surface area contributed by atoms with E-state index >= 15 is 0 Å². The molecule has 1 fully saturated rings. The monoisotopic (exact) mass is 256 g/mol. The van der Waals surface area contributed by atoms with E-state index in [0.29, 0.717) is 18.9 Å². The summed E-state index contributed by atoms with van der Waals surface area (Å²) in [5.41, 5.74) is 0. The molecule has 0 heterocycles. The minimum atomic E-state index is -0.972. The molecule has 0 saturated heterocycles. The number of hydrogen-bond acceptors (Lipinski definition) is 2. The lowest BCUT2D eigenvalue weighted by Gasteiger charge is -2.18. The third kappa shape index (κ3) is 5.38. The fourth-order valence-corrected chi connectivity index (χ4v) is 2.35. The van der Waals surface area contributed by atoms with Crippen LogP contribution in [0.25, 0.3) is 0 Å². The zero-order valence-electron chi connectivity index (χ0n) is 11.2. The molecule has 0 aliphatic heterocycles. The van der Waals surface area contributed by atoms with Gasteiger partial charge in [0.25, 0.3) is 0 Å². The number of hydrogen-bond donors (Lipinski definition) is 3. The Kier molecular flexibility index (Phi) is 5.95. The Morgan fingerprint density at radius 3 is 2.39 bits per heavy atom. The van der Waals surface area contributed by atoms with Gasteiger partial charge in [-0.05, 0) is 31.1 Å². The van der Waals surface area contributed by atoms with Gasteiger partial charge in [0, 0.05) is 6.54 Å². The second kappa shape index (κ2) is 7.24. The molecule has 0 aromatic carbocycles. The first-order valence-electron chi connectivity index (χ1n) is 6.76. The predicted octanol–water partition coefficient (Wildman–Crippen LogP) is 1.98. The Hall–Kier alpha value is -1.26. The zero-order chi connectivity index (χ0) is 13.5. The lowest BCUT2D eigenvalue weighted by atomic mass is 10.0. The molecule has 3 N–H and O–H groups in total. The third-order valence-electron chi connectivity index (χ3n) is 3.34. The van der Waals surface area contributed by atoms with Gasteiger partial charge in [0.2, 0.25) is 0 Å². The minimum absolute atomic E-state index is 0.237. The number of carbonyl (C=O) groups excluding carboxylic acids is 1. The van der Waals surface area contributed by atoms with Crippen molar-refractivity contribution < 1.29 is 14.7 Å². The van der Waals surface area contributed by atoms with Crippen LogP contribution in [0.1, 0.15) is 46.0 Å². The number of carbonyl (C=O) groups is 2. The van der Waals surface area contributed by atoms with Crippen LogP contribution in [0, 0.1) is 11.8 Å². The number of amides is 2. The van der Waals surface area contributed by atoms with Crippen molar-refractivity contribution in [3.63, 3.8) is 0 Å². The molecule has 5 nitrogen and oxygen atoms in total. The molecule has 0 bridgehead atoms. The van der Waals surface area contributed by atoms with E-state index < -0.39 is 12.0 Å². The maximum absolute atomic E-state index is 11.6. The largest absolute Gasteiger partial charge is 0.480 e. The molecule has 104 valence electrons. The number of rotatable bonds is 6. The van der Waals surface area contributed by atoms with Gasteiger partial charge in [-0.3, -0.25) is 0 Å². The van der Waals surface area contributed by atoms with Crippen LogP contribution < -0.4 is 10.6 Å². The maximum Gasteiger partial charge on any atom is 0.326 e. The highest BCUT2D eigenvalue weighted by Crippen LogP contribution is 2.23. The Balaban J connectivity index is 2.29. The van der Waals surface area contributed by atoms with E-state index in [4.69, 9.17) is 5.11 Å². The minimum Gasteiger partial charge on any atom is -0.480 e. The molecular weight excluding hydrogens is 232 g/mol. The molecule has 1 aliphatic rings. The van der Waals surface area contributed by atoms with Gasteiger partial charge in [0.15, 0.2) is 0 Å². The summed E-state index contributed by atoms with van der Waals surface area (Å²) in [4.78, 5) is 22.6. The standard InChI is InChI=1S/C13H24N2O3/c1-9(2)7-11(12(16)17)15-13(18)14-8-10-5-3-4-6-10/h9-11H,3-8H2,1-2H3,(H,16,17)(H2,14,15,18). The fourth-order valence-electron chi connectivity index (χ4n) is 2.35. The van der Waals surface area contributed by atoms with Gasteiger partial charge < -0.3 is 15.7 Å². The molecule has 0 spiro atoms. The van der Waals surface area contributed by atoms with E-state index in [-0.39, 0.29) is 11.9 Å². The molecule has 1 unspecified atom stereocenters. The van der Waals surface area contributed by atoms with E-state index in [2.05, 4.69) is 10.6 Å². The van der Waals surface area contributed by atoms with Crippen LogP contribution in [0.3, 0.4) is 0 Å². The van der Waals surface area contributed by atoms with Gasteiger partial charge in [-0.25, -0.2) is 9.59 Å². The second-order valence-corrected chi connectivity index (χ2v) is 5.53. The van der Waals surface area contributed by atoms with Gasteiger partial charge in [-0.2, -0.15) is 0 Å². The van der Waals surface area contributed by atoms with Crippen molar-refractivity contribution in [3.8, 4) is 0 Å². The average molecular weight is 256 g/mol. The van der Waals surface area contributed by atoms with Crippen molar-refractivity contribution in [2.24, 2.45) is 11.8 Å². The highest BCUT2D eigenvalue weighted by Gasteiger charge is 2.22. The van der Waals surface area contributed by atoms with Gasteiger partial charge >= 0.3 is 12.0 Å². The summed E-state index contributed by atoms with van der Waals surface area (Å²) in [5, 5.41) is 14.3. The van der Waals surface area contributed by atoms with Crippen LogP contribution in [-0.2, 0) is 4.79 Å². The first-order chi connectivity index (χ1) is 8.49. The summed E-state index contributed by atoms with van der Waals surface area (Å²) in [6.07, 6.45) is 5.24. The van der Waals surface area contributed by atoms with E-state index in [0.717, 1.165) is 12.8 Å². The first-order valence-corrected chi connectivity index (χ1v) is 6.76. The summed E-state index contributed by atoms with van der Waals surface area (Å²) in [6.45, 7) is 4.53. The molecule has 1 atom stereocenters. The van der Waals surface area contributed by atoms with E-state index in [1.54, 1.807) is 0 Å². The topological polar surface area (TPSA) is 78.4 Å². The number of aliphatic carboxylic acids is 1. The summed E-state index contributed by atoms with van der Waals surface area (Å²) in [6, 6.07) is -1.16. The molecule has 0 radical (unpaired) electrons. The van der Waals surface area contributed by atoms with Crippen molar-refractivity contribution in [1.82, 2.24) is 10.6 Å². The number of urea groups is 1. The van der Waals surface area contributed by atoms with Crippen LogP contribution in [0.5, 0.6) is 0 Å². The average Bonchev–Trinajstić information content (AvgIpc) is 2.77.